The van der Waals surface area contributed by atoms with Crippen LogP contribution in [0, 0.1) is 6.92 Å². The molecule has 136 valence electrons. The number of ether oxygens (including phenoxy) is 4. The first-order valence-electron chi connectivity index (χ1n) is 7.75. The highest BCUT2D eigenvalue weighted by Gasteiger charge is 2.19. The normalized spacial score (nSPS) is 12.3. The average molecular weight is 377 g/mol. The number of nitrogens with zero attached hydrogens (tertiary/aromatic N) is 1. The molecule has 1 amide bonds. The first-order valence-corrected chi connectivity index (χ1v) is 8.13. The van der Waals surface area contributed by atoms with Crippen LogP contribution in [0.3, 0.4) is 0 Å². The molecule has 0 saturated carbocycles. The molecule has 0 aromatic heterocycles. The van der Waals surface area contributed by atoms with Crippen LogP contribution in [-0.4, -0.2) is 32.6 Å². The second-order valence-corrected chi connectivity index (χ2v) is 5.89. The van der Waals surface area contributed by atoms with E-state index >= 15 is 0 Å². The van der Waals surface area contributed by atoms with E-state index in [2.05, 4.69) is 10.5 Å². The van der Waals surface area contributed by atoms with Gasteiger partial charge in [-0.25, -0.2) is 5.43 Å². The molecule has 0 fully saturated rings. The standard InChI is InChI=1S/C18H17ClN2O5/c1-11-5-13(19)3-4-14(11)24-9-17(22)21-20-8-12-6-15(23-2)18-16(7-12)25-10-26-18/h3-8H,9-10H2,1-2H3,(H,21,22)/b20-8-. The molecule has 1 N–H and O–H groups in total. The Bertz CT molecular complexity index is 854. The smallest absolute Gasteiger partial charge is 0.277 e. The summed E-state index contributed by atoms with van der Waals surface area (Å²) in [6.07, 6.45) is 1.48. The van der Waals surface area contributed by atoms with E-state index in [9.17, 15) is 4.79 Å². The van der Waals surface area contributed by atoms with E-state index in [1.54, 1.807) is 30.3 Å². The van der Waals surface area contributed by atoms with Crippen LogP contribution in [0.2, 0.25) is 5.02 Å². The van der Waals surface area contributed by atoms with E-state index in [4.69, 9.17) is 30.5 Å². The van der Waals surface area contributed by atoms with E-state index in [0.717, 1.165) is 5.56 Å². The van der Waals surface area contributed by atoms with Crippen LogP contribution in [-0.2, 0) is 4.79 Å². The van der Waals surface area contributed by atoms with Gasteiger partial charge in [0.1, 0.15) is 5.75 Å². The molecular formula is C18H17ClN2O5. The average Bonchev–Trinajstić information content (AvgIpc) is 3.09. The molecule has 0 aliphatic carbocycles. The first kappa shape index (κ1) is 17.9. The van der Waals surface area contributed by atoms with E-state index in [1.165, 1.54) is 13.3 Å². The summed E-state index contributed by atoms with van der Waals surface area (Å²) in [4.78, 5) is 11.8. The summed E-state index contributed by atoms with van der Waals surface area (Å²) in [6, 6.07) is 8.66. The third kappa shape index (κ3) is 4.18. The van der Waals surface area contributed by atoms with Gasteiger partial charge in [0.05, 0.1) is 13.3 Å². The highest BCUT2D eigenvalue weighted by atomic mass is 35.5. The van der Waals surface area contributed by atoms with Gasteiger partial charge in [0.2, 0.25) is 12.5 Å². The lowest BCUT2D eigenvalue weighted by Crippen LogP contribution is -2.24. The molecule has 0 radical (unpaired) electrons. The molecular weight excluding hydrogens is 360 g/mol. The Labute approximate surface area is 155 Å². The van der Waals surface area contributed by atoms with Gasteiger partial charge in [0.15, 0.2) is 18.1 Å². The second kappa shape index (κ2) is 7.97. The van der Waals surface area contributed by atoms with Gasteiger partial charge in [-0.3, -0.25) is 4.79 Å². The van der Waals surface area contributed by atoms with Crippen LogP contribution in [0.4, 0.5) is 0 Å². The van der Waals surface area contributed by atoms with Crippen molar-refractivity contribution in [1.29, 1.82) is 0 Å². The lowest BCUT2D eigenvalue weighted by Gasteiger charge is -2.08. The van der Waals surface area contributed by atoms with Gasteiger partial charge >= 0.3 is 0 Å². The molecule has 2 aromatic carbocycles. The number of rotatable bonds is 6. The number of halogens is 1. The highest BCUT2D eigenvalue weighted by molar-refractivity contribution is 6.30. The fourth-order valence-electron chi connectivity index (χ4n) is 2.35. The molecule has 8 heteroatoms. The Morgan fingerprint density at radius 2 is 2.15 bits per heavy atom. The topological polar surface area (TPSA) is 78.4 Å². The third-order valence-corrected chi connectivity index (χ3v) is 3.81. The SMILES string of the molecule is COc1cc(/C=N\NC(=O)COc2ccc(Cl)cc2C)cc2c1OCO2. The van der Waals surface area contributed by atoms with Crippen molar-refractivity contribution < 1.29 is 23.7 Å². The van der Waals surface area contributed by atoms with Gasteiger partial charge in [-0.05, 0) is 42.8 Å². The van der Waals surface area contributed by atoms with E-state index < -0.39 is 0 Å². The summed E-state index contributed by atoms with van der Waals surface area (Å²) in [7, 11) is 1.54. The fraction of sp³-hybridized carbons (Fsp3) is 0.222. The molecule has 1 aliphatic rings. The van der Waals surface area contributed by atoms with Crippen molar-refractivity contribution in [2.75, 3.05) is 20.5 Å². The van der Waals surface area contributed by atoms with Gasteiger partial charge in [-0.2, -0.15) is 5.10 Å². The zero-order chi connectivity index (χ0) is 18.5. The van der Waals surface area contributed by atoms with Crippen molar-refractivity contribution in [2.45, 2.75) is 6.92 Å². The summed E-state index contributed by atoms with van der Waals surface area (Å²) in [5, 5.41) is 4.53. The van der Waals surface area contributed by atoms with E-state index in [-0.39, 0.29) is 19.3 Å². The quantitative estimate of drug-likeness (QED) is 0.619. The number of carbonyl (C=O) groups is 1. The molecule has 0 spiro atoms. The van der Waals surface area contributed by atoms with Gasteiger partial charge in [0.25, 0.3) is 5.91 Å². The maximum Gasteiger partial charge on any atom is 0.277 e. The molecule has 3 rings (SSSR count). The maximum absolute atomic E-state index is 11.8. The number of hydrogen-bond donors (Lipinski definition) is 1. The predicted octanol–water partition coefficient (Wildman–Crippen LogP) is 2.91. The predicted molar refractivity (Wildman–Crippen MR) is 96.5 cm³/mol. The zero-order valence-corrected chi connectivity index (χ0v) is 15.0. The number of fused-ring (bicyclic) bond motifs is 1. The number of methoxy groups -OCH3 is 1. The number of benzene rings is 2. The molecule has 0 saturated heterocycles. The molecule has 7 nitrogen and oxygen atoms in total. The first-order chi connectivity index (χ1) is 12.6. The summed E-state index contributed by atoms with van der Waals surface area (Å²) in [5.41, 5.74) is 3.95. The van der Waals surface area contributed by atoms with Gasteiger partial charge in [0, 0.05) is 10.6 Å². The van der Waals surface area contributed by atoms with Crippen molar-refractivity contribution in [3.05, 3.63) is 46.5 Å². The van der Waals surface area contributed by atoms with E-state index in [1.807, 2.05) is 6.92 Å². The lowest BCUT2D eigenvalue weighted by molar-refractivity contribution is -0.123. The van der Waals surface area contributed by atoms with Crippen LogP contribution >= 0.6 is 11.6 Å². The number of carbonyl (C=O) groups excluding carboxylic acids is 1. The highest BCUT2D eigenvalue weighted by Crippen LogP contribution is 2.41. The molecule has 1 aliphatic heterocycles. The zero-order valence-electron chi connectivity index (χ0n) is 14.2. The van der Waals surface area contributed by atoms with Gasteiger partial charge in [-0.15, -0.1) is 0 Å². The number of hydrazone groups is 1. The maximum atomic E-state index is 11.8. The summed E-state index contributed by atoms with van der Waals surface area (Å²) in [5.74, 6) is 1.87. The van der Waals surface area contributed by atoms with Crippen molar-refractivity contribution in [1.82, 2.24) is 5.43 Å². The molecule has 2 aromatic rings. The van der Waals surface area contributed by atoms with Gasteiger partial charge in [-0.1, -0.05) is 11.6 Å². The summed E-state index contributed by atoms with van der Waals surface area (Å²) >= 11 is 5.88. The van der Waals surface area contributed by atoms with Gasteiger partial charge < -0.3 is 18.9 Å². The Hall–Kier alpha value is -2.93. The van der Waals surface area contributed by atoms with E-state index in [0.29, 0.717) is 33.6 Å². The molecule has 26 heavy (non-hydrogen) atoms. The molecule has 1 heterocycles. The third-order valence-electron chi connectivity index (χ3n) is 3.58. The Morgan fingerprint density at radius 3 is 2.92 bits per heavy atom. The molecule has 0 atom stereocenters. The molecule has 0 unspecified atom stereocenters. The lowest BCUT2D eigenvalue weighted by atomic mass is 10.2. The minimum atomic E-state index is -0.386. The van der Waals surface area contributed by atoms with Crippen LogP contribution in [0.25, 0.3) is 0 Å². The van der Waals surface area contributed by atoms with Crippen LogP contribution in [0.15, 0.2) is 35.4 Å². The Balaban J connectivity index is 1.56. The van der Waals surface area contributed by atoms with Crippen LogP contribution in [0.5, 0.6) is 23.0 Å². The largest absolute Gasteiger partial charge is 0.493 e. The molecule has 0 bridgehead atoms. The number of aryl methyl sites for hydroxylation is 1. The summed E-state index contributed by atoms with van der Waals surface area (Å²) in [6.45, 7) is 1.83. The van der Waals surface area contributed by atoms with Crippen molar-refractivity contribution in [2.24, 2.45) is 5.10 Å². The fourth-order valence-corrected chi connectivity index (χ4v) is 2.58. The monoisotopic (exact) mass is 376 g/mol. The second-order valence-electron chi connectivity index (χ2n) is 5.45. The summed E-state index contributed by atoms with van der Waals surface area (Å²) < 4.78 is 21.4. The van der Waals surface area contributed by atoms with Crippen LogP contribution < -0.4 is 24.4 Å². The Kier molecular flexibility index (Phi) is 5.48. The van der Waals surface area contributed by atoms with Crippen molar-refractivity contribution >= 4 is 23.7 Å². The minimum absolute atomic E-state index is 0.143. The Morgan fingerprint density at radius 1 is 1.31 bits per heavy atom. The number of amides is 1. The van der Waals surface area contributed by atoms with Crippen molar-refractivity contribution in [3.8, 4) is 23.0 Å². The van der Waals surface area contributed by atoms with Crippen LogP contribution in [0.1, 0.15) is 11.1 Å². The van der Waals surface area contributed by atoms with Crippen molar-refractivity contribution in [3.63, 3.8) is 0 Å². The number of nitrogens with one attached hydrogen (secondary N) is 1. The minimum Gasteiger partial charge on any atom is -0.493 e. The number of hydrogen-bond acceptors (Lipinski definition) is 6.